The Morgan fingerprint density at radius 2 is 1.96 bits per heavy atom. The first-order valence-corrected chi connectivity index (χ1v) is 7.43. The van der Waals surface area contributed by atoms with Gasteiger partial charge >= 0.3 is 6.18 Å². The molecule has 0 aliphatic carbocycles. The molecule has 8 heteroatoms. The molecule has 1 aromatic carbocycles. The van der Waals surface area contributed by atoms with Gasteiger partial charge < -0.3 is 10.2 Å². The van der Waals surface area contributed by atoms with E-state index < -0.39 is 35.7 Å². The Balaban J connectivity index is 2.77. The minimum atomic E-state index is -4.66. The summed E-state index contributed by atoms with van der Waals surface area (Å²) in [6.45, 7) is 2.46. The number of benzene rings is 1. The fourth-order valence-corrected chi connectivity index (χ4v) is 2.02. The number of anilines is 1. The van der Waals surface area contributed by atoms with Gasteiger partial charge in [-0.25, -0.2) is 0 Å². The Bertz CT molecular complexity index is 576. The van der Waals surface area contributed by atoms with Gasteiger partial charge in [-0.05, 0) is 24.6 Å². The summed E-state index contributed by atoms with van der Waals surface area (Å²) in [7, 11) is 1.55. The second-order valence-corrected chi connectivity index (χ2v) is 5.52. The molecule has 0 unspecified atom stereocenters. The van der Waals surface area contributed by atoms with Crippen molar-refractivity contribution < 1.29 is 22.8 Å². The van der Waals surface area contributed by atoms with E-state index in [1.54, 1.807) is 7.05 Å². The molecule has 0 saturated heterocycles. The topological polar surface area (TPSA) is 49.4 Å². The van der Waals surface area contributed by atoms with Crippen molar-refractivity contribution >= 4 is 29.1 Å². The molecule has 0 heterocycles. The van der Waals surface area contributed by atoms with Crippen LogP contribution in [0.15, 0.2) is 18.2 Å². The molecule has 0 radical (unpaired) electrons. The van der Waals surface area contributed by atoms with Gasteiger partial charge in [-0.2, -0.15) is 13.2 Å². The lowest BCUT2D eigenvalue weighted by Gasteiger charge is -2.17. The Hall–Kier alpha value is -1.76. The predicted octanol–water partition coefficient (Wildman–Crippen LogP) is 3.95. The number of unbranched alkanes of at least 4 members (excludes halogenated alkanes) is 1. The number of hydrogen-bond acceptors (Lipinski definition) is 2. The molecular weight excluding hydrogens is 333 g/mol. The van der Waals surface area contributed by atoms with Crippen molar-refractivity contribution in [2.24, 2.45) is 0 Å². The van der Waals surface area contributed by atoms with Gasteiger partial charge in [0.15, 0.2) is 0 Å². The molecule has 1 N–H and O–H groups in total. The summed E-state index contributed by atoms with van der Waals surface area (Å²) in [5, 5.41) is 2.03. The highest BCUT2D eigenvalue weighted by Gasteiger charge is 2.34. The van der Waals surface area contributed by atoms with Gasteiger partial charge in [0.25, 0.3) is 0 Å². The van der Waals surface area contributed by atoms with Gasteiger partial charge in [-0.3, -0.25) is 9.59 Å². The maximum atomic E-state index is 12.9. The number of halogens is 4. The Labute approximate surface area is 137 Å². The van der Waals surface area contributed by atoms with Crippen LogP contribution in [0.2, 0.25) is 5.02 Å². The van der Waals surface area contributed by atoms with E-state index in [1.807, 2.05) is 6.92 Å². The summed E-state index contributed by atoms with van der Waals surface area (Å²) in [4.78, 5) is 25.0. The standard InChI is InChI=1S/C15H18ClF3N2O2/c1-3-4-7-21(2)14(23)9-13(22)20-12-6-5-10(16)8-11(12)15(17,18)19/h5-6,8H,3-4,7,9H2,1-2H3,(H,20,22). The van der Waals surface area contributed by atoms with Crippen LogP contribution in [0.25, 0.3) is 0 Å². The SMILES string of the molecule is CCCCN(C)C(=O)CC(=O)Nc1ccc(Cl)cc1C(F)(F)F. The van der Waals surface area contributed by atoms with E-state index in [4.69, 9.17) is 11.6 Å². The predicted molar refractivity (Wildman–Crippen MR) is 82.2 cm³/mol. The monoisotopic (exact) mass is 350 g/mol. The number of carbonyl (C=O) groups excluding carboxylic acids is 2. The average Bonchev–Trinajstić information content (AvgIpc) is 2.45. The maximum Gasteiger partial charge on any atom is 0.418 e. The number of rotatable bonds is 6. The average molecular weight is 351 g/mol. The van der Waals surface area contributed by atoms with Gasteiger partial charge in [-0.15, -0.1) is 0 Å². The zero-order valence-electron chi connectivity index (χ0n) is 12.8. The number of hydrogen-bond donors (Lipinski definition) is 1. The summed E-state index contributed by atoms with van der Waals surface area (Å²) in [6.07, 6.45) is -3.49. The van der Waals surface area contributed by atoms with Gasteiger partial charge in [0, 0.05) is 18.6 Å². The smallest absolute Gasteiger partial charge is 0.345 e. The first-order chi connectivity index (χ1) is 10.6. The van der Waals surface area contributed by atoms with E-state index in [0.29, 0.717) is 6.54 Å². The van der Waals surface area contributed by atoms with Crippen molar-refractivity contribution in [3.63, 3.8) is 0 Å². The molecule has 0 spiro atoms. The largest absolute Gasteiger partial charge is 0.418 e. The van der Waals surface area contributed by atoms with Crippen LogP contribution in [0.1, 0.15) is 31.7 Å². The number of nitrogens with zero attached hydrogens (tertiary/aromatic N) is 1. The first kappa shape index (κ1) is 19.3. The lowest BCUT2D eigenvalue weighted by Crippen LogP contribution is -2.31. The van der Waals surface area contributed by atoms with Crippen LogP contribution in [0.3, 0.4) is 0 Å². The normalized spacial score (nSPS) is 11.2. The fraction of sp³-hybridized carbons (Fsp3) is 0.467. The first-order valence-electron chi connectivity index (χ1n) is 7.05. The zero-order valence-corrected chi connectivity index (χ0v) is 13.6. The maximum absolute atomic E-state index is 12.9. The Morgan fingerprint density at radius 3 is 2.52 bits per heavy atom. The molecule has 4 nitrogen and oxygen atoms in total. The Kier molecular flexibility index (Phi) is 6.87. The quantitative estimate of drug-likeness (QED) is 0.790. The van der Waals surface area contributed by atoms with E-state index in [0.717, 1.165) is 25.0 Å². The molecule has 0 aromatic heterocycles. The van der Waals surface area contributed by atoms with Crippen LogP contribution in [0.5, 0.6) is 0 Å². The second-order valence-electron chi connectivity index (χ2n) is 5.08. The van der Waals surface area contributed by atoms with Gasteiger partial charge in [0.05, 0.1) is 11.3 Å². The van der Waals surface area contributed by atoms with Gasteiger partial charge in [0.1, 0.15) is 6.42 Å². The molecule has 23 heavy (non-hydrogen) atoms. The molecule has 0 aliphatic rings. The van der Waals surface area contributed by atoms with Crippen molar-refractivity contribution in [1.82, 2.24) is 4.90 Å². The molecule has 0 bridgehead atoms. The molecule has 2 amide bonds. The molecule has 0 atom stereocenters. The molecule has 128 valence electrons. The van der Waals surface area contributed by atoms with Crippen molar-refractivity contribution in [3.05, 3.63) is 28.8 Å². The van der Waals surface area contributed by atoms with Crippen molar-refractivity contribution in [1.29, 1.82) is 0 Å². The number of alkyl halides is 3. The molecule has 0 fully saturated rings. The third-order valence-corrected chi connectivity index (χ3v) is 3.38. The summed E-state index contributed by atoms with van der Waals surface area (Å²) >= 11 is 5.56. The summed E-state index contributed by atoms with van der Waals surface area (Å²) in [6, 6.07) is 3.03. The van der Waals surface area contributed by atoms with Crippen LogP contribution >= 0.6 is 11.6 Å². The number of nitrogens with one attached hydrogen (secondary N) is 1. The third kappa shape index (κ3) is 6.09. The lowest BCUT2D eigenvalue weighted by molar-refractivity contribution is -0.137. The van der Waals surface area contributed by atoms with Crippen molar-refractivity contribution in [2.45, 2.75) is 32.4 Å². The van der Waals surface area contributed by atoms with E-state index in [9.17, 15) is 22.8 Å². The molecule has 0 saturated carbocycles. The summed E-state index contributed by atoms with van der Waals surface area (Å²) in [5.41, 5.74) is -1.47. The van der Waals surface area contributed by atoms with Gasteiger partial charge in [0.2, 0.25) is 11.8 Å². The molecule has 0 aliphatic heterocycles. The highest BCUT2D eigenvalue weighted by Crippen LogP contribution is 2.36. The number of carbonyl (C=O) groups is 2. The van der Waals surface area contributed by atoms with Crippen LogP contribution in [0.4, 0.5) is 18.9 Å². The van der Waals surface area contributed by atoms with Crippen LogP contribution in [-0.2, 0) is 15.8 Å². The molecular formula is C15H18ClF3N2O2. The fourth-order valence-electron chi connectivity index (χ4n) is 1.85. The van der Waals surface area contributed by atoms with Gasteiger partial charge in [-0.1, -0.05) is 24.9 Å². The third-order valence-electron chi connectivity index (χ3n) is 3.15. The Morgan fingerprint density at radius 1 is 1.30 bits per heavy atom. The van der Waals surface area contributed by atoms with E-state index in [-0.39, 0.29) is 5.02 Å². The molecule has 1 aromatic rings. The lowest BCUT2D eigenvalue weighted by atomic mass is 10.1. The van der Waals surface area contributed by atoms with E-state index >= 15 is 0 Å². The molecule has 1 rings (SSSR count). The van der Waals surface area contributed by atoms with E-state index in [2.05, 4.69) is 5.32 Å². The summed E-state index contributed by atoms with van der Waals surface area (Å²) < 4.78 is 38.8. The van der Waals surface area contributed by atoms with E-state index in [1.165, 1.54) is 11.0 Å². The highest BCUT2D eigenvalue weighted by molar-refractivity contribution is 6.30. The highest BCUT2D eigenvalue weighted by atomic mass is 35.5. The van der Waals surface area contributed by atoms with Crippen LogP contribution in [0, 0.1) is 0 Å². The van der Waals surface area contributed by atoms with Crippen LogP contribution in [-0.4, -0.2) is 30.3 Å². The van der Waals surface area contributed by atoms with Crippen molar-refractivity contribution in [3.8, 4) is 0 Å². The second kappa shape index (κ2) is 8.19. The zero-order chi connectivity index (χ0) is 17.6. The van der Waals surface area contributed by atoms with Crippen LogP contribution < -0.4 is 5.32 Å². The summed E-state index contributed by atoms with van der Waals surface area (Å²) in [5.74, 6) is -1.25. The minimum Gasteiger partial charge on any atom is -0.345 e. The van der Waals surface area contributed by atoms with Crippen molar-refractivity contribution in [2.75, 3.05) is 18.9 Å². The number of amides is 2. The minimum absolute atomic E-state index is 0.0919.